The lowest BCUT2D eigenvalue weighted by molar-refractivity contribution is 0.378. The molecule has 6 N–H and O–H groups in total. The molecular weight excluding hydrogens is 571 g/mol. The molecule has 0 bridgehead atoms. The molecular formula is C21H27O12PS3. The Labute approximate surface area is 217 Å². The van der Waals surface area contributed by atoms with Gasteiger partial charge in [0.15, 0.2) is 0 Å². The number of benzene rings is 3. The lowest BCUT2D eigenvalue weighted by atomic mass is 10.2. The predicted molar refractivity (Wildman–Crippen MR) is 142 cm³/mol. The summed E-state index contributed by atoms with van der Waals surface area (Å²) in [4.78, 5) is 0. The van der Waals surface area contributed by atoms with Crippen LogP contribution in [0, 0.1) is 20.8 Å². The number of aryl methyl sites for hydroxylation is 3. The number of rotatable bonds is 3. The quantitative estimate of drug-likeness (QED) is 0.189. The van der Waals surface area contributed by atoms with Crippen LogP contribution in [-0.4, -0.2) is 52.6 Å². The zero-order chi connectivity index (χ0) is 29.0. The molecule has 16 heteroatoms. The summed E-state index contributed by atoms with van der Waals surface area (Å²) in [5.41, 5.74) is 4.13. The van der Waals surface area contributed by atoms with Crippen LogP contribution in [-0.2, 0) is 31.2 Å². The number of hydrogen-bond donors (Lipinski definition) is 6. The lowest BCUT2D eigenvalue weighted by Gasteiger charge is -2.24. The Morgan fingerprint density at radius 3 is 0.757 bits per heavy atom. The van der Waals surface area contributed by atoms with Gasteiger partial charge in [-0.15, -0.1) is 0 Å². The van der Waals surface area contributed by atoms with E-state index in [-0.39, 0.29) is 0 Å². The molecule has 37 heavy (non-hydrogen) atoms. The van der Waals surface area contributed by atoms with Gasteiger partial charge in [0.05, 0.1) is 0 Å². The maximum absolute atomic E-state index is 8.74. The molecule has 0 spiro atoms. The molecule has 0 atom stereocenters. The van der Waals surface area contributed by atoms with Gasteiger partial charge in [-0.3, -0.25) is 27.3 Å². The third-order valence-corrected chi connectivity index (χ3v) is 7.02. The minimum absolute atomic E-state index is 0.508. The summed E-state index contributed by atoms with van der Waals surface area (Å²) in [7, 11) is -14.5. The summed E-state index contributed by atoms with van der Waals surface area (Å²) in [6, 6.07) is 26.4. The molecule has 3 aromatic carbocycles. The zero-order valence-electron chi connectivity index (χ0n) is 19.7. The van der Waals surface area contributed by atoms with E-state index in [0.717, 1.165) is 0 Å². The van der Waals surface area contributed by atoms with E-state index in [1.807, 2.05) is 0 Å². The van der Waals surface area contributed by atoms with Crippen molar-refractivity contribution in [3.05, 3.63) is 89.5 Å². The van der Waals surface area contributed by atoms with Gasteiger partial charge in [0.25, 0.3) is 0 Å². The standard InChI is InChI=1S/C21H21P.3H2O4S/c1-16-10-4-7-13-19(16)22(20-14-8-5-11-17(20)2)21-15-9-6-12-18(21)3;3*1-5(2,3)4/h4-15H,1-3H3;3*(H2,1,2,3,4). The van der Waals surface area contributed by atoms with Crippen LogP contribution in [0.1, 0.15) is 16.7 Å². The van der Waals surface area contributed by atoms with E-state index in [4.69, 9.17) is 52.6 Å². The first-order chi connectivity index (χ1) is 16.7. The molecule has 12 nitrogen and oxygen atoms in total. The fourth-order valence-electron chi connectivity index (χ4n) is 2.83. The van der Waals surface area contributed by atoms with E-state index >= 15 is 0 Å². The van der Waals surface area contributed by atoms with Gasteiger partial charge in [-0.2, -0.15) is 25.3 Å². The van der Waals surface area contributed by atoms with Gasteiger partial charge in [-0.1, -0.05) is 72.8 Å². The minimum Gasteiger partial charge on any atom is -0.264 e. The Morgan fingerprint density at radius 1 is 0.432 bits per heavy atom. The monoisotopic (exact) mass is 598 g/mol. The van der Waals surface area contributed by atoms with Crippen molar-refractivity contribution in [2.24, 2.45) is 0 Å². The maximum atomic E-state index is 8.74. The SMILES string of the molecule is Cc1ccccc1P(c1ccccc1C)c1ccccc1C.O=S(=O)(O)O.O=S(=O)(O)O.O=S(=O)(O)O. The van der Waals surface area contributed by atoms with E-state index in [9.17, 15) is 0 Å². The van der Waals surface area contributed by atoms with Crippen molar-refractivity contribution in [2.45, 2.75) is 20.8 Å². The van der Waals surface area contributed by atoms with Gasteiger partial charge in [-0.25, -0.2) is 0 Å². The first-order valence-corrected chi connectivity index (χ1v) is 15.3. The second kappa shape index (κ2) is 15.2. The van der Waals surface area contributed by atoms with Crippen molar-refractivity contribution in [2.75, 3.05) is 0 Å². The van der Waals surface area contributed by atoms with E-state index in [1.165, 1.54) is 32.6 Å². The normalized spacial score (nSPS) is 11.2. The van der Waals surface area contributed by atoms with Gasteiger partial charge in [0.1, 0.15) is 0 Å². The average Bonchev–Trinajstić information content (AvgIpc) is 2.68. The molecule has 3 aromatic rings. The Morgan fingerprint density at radius 2 is 0.595 bits per heavy atom. The molecule has 0 aliphatic carbocycles. The molecule has 0 amide bonds. The van der Waals surface area contributed by atoms with Crippen LogP contribution < -0.4 is 15.9 Å². The van der Waals surface area contributed by atoms with Gasteiger partial charge < -0.3 is 0 Å². The molecule has 0 saturated carbocycles. The maximum Gasteiger partial charge on any atom is 0.394 e. The molecule has 0 radical (unpaired) electrons. The van der Waals surface area contributed by atoms with Crippen LogP contribution in [0.3, 0.4) is 0 Å². The van der Waals surface area contributed by atoms with Crippen molar-refractivity contribution < 1.29 is 52.6 Å². The average molecular weight is 599 g/mol. The third-order valence-electron chi connectivity index (χ3n) is 4.07. The van der Waals surface area contributed by atoms with Crippen LogP contribution in [0.2, 0.25) is 0 Å². The van der Waals surface area contributed by atoms with Gasteiger partial charge in [0, 0.05) is 0 Å². The molecule has 3 rings (SSSR count). The summed E-state index contributed by atoms with van der Waals surface area (Å²) in [6.45, 7) is 6.67. The summed E-state index contributed by atoms with van der Waals surface area (Å²) >= 11 is 0. The highest BCUT2D eigenvalue weighted by atomic mass is 32.3. The zero-order valence-corrected chi connectivity index (χ0v) is 23.1. The Kier molecular flexibility index (Phi) is 14.2. The molecule has 0 saturated heterocycles. The van der Waals surface area contributed by atoms with E-state index in [0.29, 0.717) is 0 Å². The van der Waals surface area contributed by atoms with Crippen molar-refractivity contribution in [1.82, 2.24) is 0 Å². The minimum atomic E-state index is -4.67. The molecule has 206 valence electrons. The lowest BCUT2D eigenvalue weighted by Crippen LogP contribution is -2.25. The summed E-state index contributed by atoms with van der Waals surface area (Å²) in [6.07, 6.45) is 0. The summed E-state index contributed by atoms with van der Waals surface area (Å²) in [5.74, 6) is 0. The number of hydrogen-bond acceptors (Lipinski definition) is 6. The molecule has 0 aliphatic rings. The molecule has 0 aromatic heterocycles. The van der Waals surface area contributed by atoms with Crippen molar-refractivity contribution in [1.29, 1.82) is 0 Å². The Hall–Kier alpha value is -2.30. The van der Waals surface area contributed by atoms with E-state index < -0.39 is 39.1 Å². The van der Waals surface area contributed by atoms with Crippen LogP contribution in [0.25, 0.3) is 0 Å². The Bertz CT molecular complexity index is 1270. The van der Waals surface area contributed by atoms with Gasteiger partial charge in [0.2, 0.25) is 0 Å². The molecule has 0 fully saturated rings. The van der Waals surface area contributed by atoms with Crippen molar-refractivity contribution in [3.63, 3.8) is 0 Å². The highest BCUT2D eigenvalue weighted by molar-refractivity contribution is 7.80. The first kappa shape index (κ1) is 34.7. The topological polar surface area (TPSA) is 224 Å². The smallest absolute Gasteiger partial charge is 0.264 e. The van der Waals surface area contributed by atoms with E-state index in [1.54, 1.807) is 0 Å². The second-order valence-electron chi connectivity index (χ2n) is 7.04. The predicted octanol–water partition coefficient (Wildman–Crippen LogP) is 2.41. The fourth-order valence-corrected chi connectivity index (χ4v) is 5.60. The van der Waals surface area contributed by atoms with Gasteiger partial charge >= 0.3 is 31.2 Å². The fraction of sp³-hybridized carbons (Fsp3) is 0.143. The highest BCUT2D eigenvalue weighted by Crippen LogP contribution is 2.36. The third kappa shape index (κ3) is 18.6. The van der Waals surface area contributed by atoms with Gasteiger partial charge in [-0.05, 0) is 61.3 Å². The second-order valence-corrected chi connectivity index (χ2v) is 11.8. The van der Waals surface area contributed by atoms with Crippen LogP contribution in [0.15, 0.2) is 72.8 Å². The van der Waals surface area contributed by atoms with Crippen molar-refractivity contribution >= 4 is 55.0 Å². The largest absolute Gasteiger partial charge is 0.394 e. The summed E-state index contributed by atoms with van der Waals surface area (Å²) < 4.78 is 94.8. The molecule has 0 unspecified atom stereocenters. The molecule has 0 heterocycles. The Balaban J connectivity index is 0.000000711. The van der Waals surface area contributed by atoms with E-state index in [2.05, 4.69) is 93.6 Å². The highest BCUT2D eigenvalue weighted by Gasteiger charge is 2.20. The van der Waals surface area contributed by atoms with Crippen LogP contribution in [0.5, 0.6) is 0 Å². The van der Waals surface area contributed by atoms with Crippen LogP contribution >= 0.6 is 7.92 Å². The van der Waals surface area contributed by atoms with Crippen LogP contribution in [0.4, 0.5) is 0 Å². The first-order valence-electron chi connectivity index (χ1n) is 9.75. The summed E-state index contributed by atoms with van der Waals surface area (Å²) in [5, 5.41) is 4.38. The molecule has 0 aliphatic heterocycles. The van der Waals surface area contributed by atoms with Crippen molar-refractivity contribution in [3.8, 4) is 0 Å².